The number of carbonyl (C=O) groups excluding carboxylic acids is 1. The van der Waals surface area contributed by atoms with E-state index in [4.69, 9.17) is 23.2 Å². The van der Waals surface area contributed by atoms with Gasteiger partial charge in [-0.25, -0.2) is 4.98 Å². The molecule has 7 heteroatoms. The molecule has 3 rings (SSSR count). The van der Waals surface area contributed by atoms with E-state index in [0.717, 1.165) is 17.0 Å². The SMILES string of the molecule is CN(C(=O)C1CC1Cl)c1sc(-c2cccnc2)nc1Cl. The Labute approximate surface area is 130 Å². The molecule has 104 valence electrons. The van der Waals surface area contributed by atoms with Crippen molar-refractivity contribution < 1.29 is 4.79 Å². The van der Waals surface area contributed by atoms with E-state index in [-0.39, 0.29) is 17.2 Å². The number of halogens is 2. The Balaban J connectivity index is 1.87. The number of amides is 1. The van der Waals surface area contributed by atoms with Crippen LogP contribution in [0.25, 0.3) is 10.6 Å². The van der Waals surface area contributed by atoms with Crippen LogP contribution in [0.1, 0.15) is 6.42 Å². The lowest BCUT2D eigenvalue weighted by Gasteiger charge is -2.14. The largest absolute Gasteiger partial charge is 0.304 e. The van der Waals surface area contributed by atoms with Crippen molar-refractivity contribution in [2.45, 2.75) is 11.8 Å². The number of nitrogens with zero attached hydrogens (tertiary/aromatic N) is 3. The maximum atomic E-state index is 12.2. The summed E-state index contributed by atoms with van der Waals surface area (Å²) in [7, 11) is 1.71. The predicted octanol–water partition coefficient (Wildman–Crippen LogP) is 3.45. The molecule has 1 saturated carbocycles. The van der Waals surface area contributed by atoms with Gasteiger partial charge in [-0.15, -0.1) is 11.6 Å². The molecular formula is C13H11Cl2N3OS. The van der Waals surface area contributed by atoms with Crippen molar-refractivity contribution in [3.05, 3.63) is 29.7 Å². The standard InChI is InChI=1S/C13H11Cl2N3OS/c1-18(12(19)8-5-9(8)14)13-10(15)17-11(20-13)7-3-2-4-16-6-7/h2-4,6,8-9H,5H2,1H3. The van der Waals surface area contributed by atoms with Gasteiger partial charge in [0.2, 0.25) is 5.91 Å². The fraction of sp³-hybridized carbons (Fsp3) is 0.308. The number of carbonyl (C=O) groups is 1. The molecule has 20 heavy (non-hydrogen) atoms. The molecule has 1 aliphatic rings. The quantitative estimate of drug-likeness (QED) is 0.811. The van der Waals surface area contributed by atoms with Crippen molar-refractivity contribution in [3.8, 4) is 10.6 Å². The third-order valence-electron chi connectivity index (χ3n) is 3.14. The zero-order valence-corrected chi connectivity index (χ0v) is 12.9. The van der Waals surface area contributed by atoms with Gasteiger partial charge in [0.15, 0.2) is 5.15 Å². The zero-order valence-electron chi connectivity index (χ0n) is 10.6. The van der Waals surface area contributed by atoms with Crippen molar-refractivity contribution in [2.75, 3.05) is 11.9 Å². The first-order chi connectivity index (χ1) is 9.58. The highest BCUT2D eigenvalue weighted by Gasteiger charge is 2.43. The van der Waals surface area contributed by atoms with E-state index < -0.39 is 0 Å². The lowest BCUT2D eigenvalue weighted by Crippen LogP contribution is -2.27. The number of pyridine rings is 1. The Kier molecular flexibility index (Phi) is 3.67. The van der Waals surface area contributed by atoms with Gasteiger partial charge in [0.05, 0.1) is 5.92 Å². The summed E-state index contributed by atoms with van der Waals surface area (Å²) in [5.74, 6) is -0.102. The van der Waals surface area contributed by atoms with Gasteiger partial charge in [-0.3, -0.25) is 9.78 Å². The van der Waals surface area contributed by atoms with E-state index in [1.807, 2.05) is 12.1 Å². The molecule has 0 saturated heterocycles. The summed E-state index contributed by atoms with van der Waals surface area (Å²) in [6, 6.07) is 3.74. The van der Waals surface area contributed by atoms with Crippen LogP contribution in [0, 0.1) is 5.92 Å². The van der Waals surface area contributed by atoms with Crippen LogP contribution in [0.4, 0.5) is 5.00 Å². The fourth-order valence-electron chi connectivity index (χ4n) is 1.88. The number of anilines is 1. The van der Waals surface area contributed by atoms with E-state index in [2.05, 4.69) is 9.97 Å². The molecular weight excluding hydrogens is 317 g/mol. The van der Waals surface area contributed by atoms with Crippen molar-refractivity contribution in [1.82, 2.24) is 9.97 Å². The molecule has 2 unspecified atom stereocenters. The number of hydrogen-bond acceptors (Lipinski definition) is 4. The van der Waals surface area contributed by atoms with Gasteiger partial charge >= 0.3 is 0 Å². The fourth-order valence-corrected chi connectivity index (χ4v) is 3.47. The van der Waals surface area contributed by atoms with Crippen LogP contribution in [0.5, 0.6) is 0 Å². The van der Waals surface area contributed by atoms with Gasteiger partial charge in [-0.05, 0) is 18.6 Å². The molecule has 0 radical (unpaired) electrons. The van der Waals surface area contributed by atoms with Crippen molar-refractivity contribution in [2.24, 2.45) is 5.92 Å². The van der Waals surface area contributed by atoms with Crippen LogP contribution in [-0.2, 0) is 4.79 Å². The highest BCUT2D eigenvalue weighted by molar-refractivity contribution is 7.19. The summed E-state index contributed by atoms with van der Waals surface area (Å²) in [5.41, 5.74) is 0.883. The summed E-state index contributed by atoms with van der Waals surface area (Å²) >= 11 is 13.4. The molecule has 0 N–H and O–H groups in total. The molecule has 2 heterocycles. The number of thiazole rings is 1. The summed E-state index contributed by atoms with van der Waals surface area (Å²) in [4.78, 5) is 22.1. The minimum Gasteiger partial charge on any atom is -0.304 e. The van der Waals surface area contributed by atoms with Gasteiger partial charge in [-0.1, -0.05) is 22.9 Å². The van der Waals surface area contributed by atoms with Gasteiger partial charge in [0.25, 0.3) is 0 Å². The molecule has 2 aromatic rings. The van der Waals surface area contributed by atoms with Gasteiger partial charge in [0.1, 0.15) is 10.0 Å². The van der Waals surface area contributed by atoms with E-state index >= 15 is 0 Å². The zero-order chi connectivity index (χ0) is 14.3. The third kappa shape index (κ3) is 2.53. The van der Waals surface area contributed by atoms with Crippen LogP contribution in [-0.4, -0.2) is 28.3 Å². The number of alkyl halides is 1. The maximum absolute atomic E-state index is 12.2. The normalized spacial score (nSPS) is 20.8. The van der Waals surface area contributed by atoms with Crippen LogP contribution >= 0.6 is 34.5 Å². The molecule has 0 aliphatic heterocycles. The summed E-state index contributed by atoms with van der Waals surface area (Å²) in [5, 5.41) is 1.67. The maximum Gasteiger partial charge on any atom is 0.232 e. The molecule has 0 spiro atoms. The second-order valence-electron chi connectivity index (χ2n) is 4.61. The molecule has 2 aromatic heterocycles. The Morgan fingerprint density at radius 1 is 1.55 bits per heavy atom. The number of aromatic nitrogens is 2. The molecule has 1 aliphatic carbocycles. The first kappa shape index (κ1) is 13.8. The molecule has 2 atom stereocenters. The second-order valence-corrected chi connectivity index (χ2v) is 6.51. The lowest BCUT2D eigenvalue weighted by molar-refractivity contribution is -0.119. The van der Waals surface area contributed by atoms with Crippen LogP contribution in [0.15, 0.2) is 24.5 Å². The summed E-state index contributed by atoms with van der Waals surface area (Å²) in [6.45, 7) is 0. The minimum atomic E-state index is -0.0957. The molecule has 1 amide bonds. The van der Waals surface area contributed by atoms with Crippen molar-refractivity contribution in [3.63, 3.8) is 0 Å². The van der Waals surface area contributed by atoms with Gasteiger partial charge in [0, 0.05) is 30.4 Å². The Morgan fingerprint density at radius 3 is 2.90 bits per heavy atom. The topological polar surface area (TPSA) is 46.1 Å². The molecule has 0 aromatic carbocycles. The van der Waals surface area contributed by atoms with Gasteiger partial charge < -0.3 is 4.90 Å². The summed E-state index contributed by atoms with van der Waals surface area (Å²) < 4.78 is 0. The van der Waals surface area contributed by atoms with E-state index in [1.54, 1.807) is 24.3 Å². The lowest BCUT2D eigenvalue weighted by atomic mass is 10.3. The highest BCUT2D eigenvalue weighted by Crippen LogP contribution is 2.42. The van der Waals surface area contributed by atoms with Crippen molar-refractivity contribution >= 4 is 45.4 Å². The average molecular weight is 328 g/mol. The predicted molar refractivity (Wildman–Crippen MR) is 81.5 cm³/mol. The molecule has 4 nitrogen and oxygen atoms in total. The monoisotopic (exact) mass is 327 g/mol. The Bertz CT molecular complexity index is 646. The first-order valence-corrected chi connectivity index (χ1v) is 7.69. The van der Waals surface area contributed by atoms with E-state index in [0.29, 0.717) is 10.2 Å². The third-order valence-corrected chi connectivity index (χ3v) is 5.18. The van der Waals surface area contributed by atoms with Crippen LogP contribution < -0.4 is 4.90 Å². The summed E-state index contributed by atoms with van der Waals surface area (Å²) in [6.07, 6.45) is 4.15. The van der Waals surface area contributed by atoms with E-state index in [1.165, 1.54) is 11.3 Å². The smallest absolute Gasteiger partial charge is 0.232 e. The average Bonchev–Trinajstić information content (AvgIpc) is 3.06. The Hall–Kier alpha value is -1.17. The molecule has 0 bridgehead atoms. The molecule has 1 fully saturated rings. The number of hydrogen-bond donors (Lipinski definition) is 0. The highest BCUT2D eigenvalue weighted by atomic mass is 35.5. The minimum absolute atomic E-state index is 0.00622. The second kappa shape index (κ2) is 5.31. The van der Waals surface area contributed by atoms with Crippen LogP contribution in [0.3, 0.4) is 0 Å². The Morgan fingerprint density at radius 2 is 2.30 bits per heavy atom. The van der Waals surface area contributed by atoms with E-state index in [9.17, 15) is 4.79 Å². The first-order valence-electron chi connectivity index (χ1n) is 6.06. The van der Waals surface area contributed by atoms with Gasteiger partial charge in [-0.2, -0.15) is 0 Å². The van der Waals surface area contributed by atoms with Crippen LogP contribution in [0.2, 0.25) is 5.15 Å². The van der Waals surface area contributed by atoms with Crippen molar-refractivity contribution in [1.29, 1.82) is 0 Å². The number of rotatable bonds is 3.